The van der Waals surface area contributed by atoms with Gasteiger partial charge in [-0.15, -0.1) is 29.1 Å². The van der Waals surface area contributed by atoms with Gasteiger partial charge in [0.05, 0.1) is 0 Å². The van der Waals surface area contributed by atoms with E-state index in [1.165, 1.54) is 40.0 Å². The number of rotatable bonds is 2. The van der Waals surface area contributed by atoms with Crippen molar-refractivity contribution in [3.8, 4) is 11.3 Å². The molecule has 0 unspecified atom stereocenters. The Kier molecular flexibility index (Phi) is 10.5. The Hall–Kier alpha value is -3.79. The van der Waals surface area contributed by atoms with E-state index in [1.54, 1.807) is 0 Å². The van der Waals surface area contributed by atoms with E-state index >= 15 is 0 Å². The maximum absolute atomic E-state index is 11.5. The third-order valence-electron chi connectivity index (χ3n) is 10.9. The van der Waals surface area contributed by atoms with E-state index in [1.807, 2.05) is 47.7 Å². The van der Waals surface area contributed by atoms with E-state index in [0.29, 0.717) is 0 Å². The van der Waals surface area contributed by atoms with Gasteiger partial charge in [-0.2, -0.15) is 0 Å². The molecule has 0 bridgehead atoms. The molecule has 0 spiro atoms. The van der Waals surface area contributed by atoms with E-state index in [9.17, 15) is 9.90 Å². The molecule has 2 aromatic heterocycles. The molecule has 0 amide bonds. The van der Waals surface area contributed by atoms with Gasteiger partial charge < -0.3 is 9.52 Å². The Morgan fingerprint density at radius 3 is 2.09 bits per heavy atom. The van der Waals surface area contributed by atoms with E-state index in [-0.39, 0.29) is 53.3 Å². The molecular weight excluding hydrogens is 831 g/mol. The first-order valence-electron chi connectivity index (χ1n) is 18.7. The van der Waals surface area contributed by atoms with Crippen LogP contribution in [0.3, 0.4) is 0 Å². The Labute approximate surface area is 329 Å². The van der Waals surface area contributed by atoms with Crippen LogP contribution in [0.25, 0.3) is 54.7 Å². The molecule has 2 heterocycles. The first-order chi connectivity index (χ1) is 24.0. The minimum atomic E-state index is -0.417. The fraction of sp³-hybridized carbons (Fsp3) is 0.417. The molecule has 0 saturated heterocycles. The maximum atomic E-state index is 11.5. The van der Waals surface area contributed by atoms with Gasteiger partial charge in [0.2, 0.25) is 0 Å². The summed E-state index contributed by atoms with van der Waals surface area (Å²) in [4.78, 5) is 16.4. The minimum Gasteiger partial charge on any atom is -0.512 e. The van der Waals surface area contributed by atoms with Crippen LogP contribution in [0.5, 0.6) is 0 Å². The first kappa shape index (κ1) is 40.4. The molecule has 1 aliphatic carbocycles. The van der Waals surface area contributed by atoms with Crippen LogP contribution >= 0.6 is 0 Å². The molecule has 6 aromatic rings. The molecule has 1 aliphatic rings. The number of aliphatic hydroxyl groups excluding tert-OH is 1. The number of pyridine rings is 1. The zero-order valence-corrected chi connectivity index (χ0v) is 36.3. The van der Waals surface area contributed by atoms with Crippen LogP contribution in [0.15, 0.2) is 83.1 Å². The van der Waals surface area contributed by atoms with Gasteiger partial charge in [-0.1, -0.05) is 131 Å². The summed E-state index contributed by atoms with van der Waals surface area (Å²) in [6.45, 7) is 27.4. The maximum Gasteiger partial charge on any atom is 0.164 e. The number of aliphatic hydroxyl groups is 1. The summed E-state index contributed by atoms with van der Waals surface area (Å²) < 4.78 is 6.73. The van der Waals surface area contributed by atoms with Crippen LogP contribution < -0.4 is 0 Å². The number of allylic oxidation sites excluding steroid dienone is 2. The molecule has 53 heavy (non-hydrogen) atoms. The standard InChI is InChI=1S/C37H36NO.C11H20O2.Ir/c1-35(2,3)30-19-24(18-22-10-8-9-11-25(22)30)33-27-21-28-26-12-13-29-32(37(6,7)16-15-36(29,4)5)34(26)39-31(28)20-23(27)14-17-38-33;1-10(2,3)8(12)7-9(13)11(4,5)6;/h8-14,17,19-21H,15-16H2,1-7H3;7,12H,1-6H3;/q-1;;/b;8-7-;. The van der Waals surface area contributed by atoms with Crippen molar-refractivity contribution in [2.24, 2.45) is 10.8 Å². The monoisotopic (exact) mass is 887 g/mol. The molecule has 7 rings (SSSR count). The third-order valence-corrected chi connectivity index (χ3v) is 10.9. The van der Waals surface area contributed by atoms with Gasteiger partial charge in [0.1, 0.15) is 16.9 Å². The SMILES string of the molecule is CC(C)(C)C(=O)/C=C(\O)C(C)(C)C.CC(C)(C)c1cc(-c2nccc3cc4oc5c6c(ccc5c4cc23)C(C)(C)CCC6(C)C)[c-]c2ccccc12.[Ir]. The number of ketones is 1. The minimum absolute atomic E-state index is 0. The zero-order valence-electron chi connectivity index (χ0n) is 33.9. The number of nitrogens with zero attached hydrogens (tertiary/aromatic N) is 1. The summed E-state index contributed by atoms with van der Waals surface area (Å²) in [5, 5.41) is 16.6. The van der Waals surface area contributed by atoms with Crippen molar-refractivity contribution in [3.05, 3.63) is 101 Å². The molecule has 0 aliphatic heterocycles. The van der Waals surface area contributed by atoms with Crippen LogP contribution in [0.4, 0.5) is 0 Å². The molecule has 1 radical (unpaired) electrons. The number of carbonyl (C=O) groups excluding carboxylic acids is 1. The summed E-state index contributed by atoms with van der Waals surface area (Å²) in [5.41, 5.74) is 7.60. The largest absolute Gasteiger partial charge is 0.512 e. The van der Waals surface area contributed by atoms with Gasteiger partial charge >= 0.3 is 0 Å². The number of hydrogen-bond donors (Lipinski definition) is 1. The van der Waals surface area contributed by atoms with Crippen molar-refractivity contribution >= 4 is 49.3 Å². The van der Waals surface area contributed by atoms with Crippen molar-refractivity contribution in [2.75, 3.05) is 0 Å². The second-order valence-electron chi connectivity index (χ2n) is 19.2. The Balaban J connectivity index is 0.000000334. The van der Waals surface area contributed by atoms with Crippen LogP contribution in [-0.2, 0) is 41.1 Å². The predicted octanol–water partition coefficient (Wildman–Crippen LogP) is 13.5. The van der Waals surface area contributed by atoms with Crippen molar-refractivity contribution in [2.45, 2.75) is 119 Å². The molecule has 4 nitrogen and oxygen atoms in total. The molecule has 4 aromatic carbocycles. The second kappa shape index (κ2) is 13.8. The summed E-state index contributed by atoms with van der Waals surface area (Å²) in [6.07, 6.45) is 5.60. The molecule has 281 valence electrons. The van der Waals surface area contributed by atoms with Crippen molar-refractivity contribution < 1.29 is 34.4 Å². The number of aromatic nitrogens is 1. The average Bonchev–Trinajstić information content (AvgIpc) is 3.41. The van der Waals surface area contributed by atoms with Gasteiger partial charge in [0, 0.05) is 65.2 Å². The zero-order chi connectivity index (χ0) is 38.2. The normalized spacial score (nSPS) is 15.9. The molecule has 0 saturated carbocycles. The fourth-order valence-electron chi connectivity index (χ4n) is 7.38. The van der Waals surface area contributed by atoms with Gasteiger partial charge in [-0.3, -0.25) is 9.78 Å². The average molecular weight is 887 g/mol. The fourth-order valence-corrected chi connectivity index (χ4v) is 7.38. The van der Waals surface area contributed by atoms with Crippen LogP contribution in [0, 0.1) is 16.9 Å². The van der Waals surface area contributed by atoms with Crippen molar-refractivity contribution in [1.29, 1.82) is 0 Å². The molecule has 0 atom stereocenters. The number of hydrogen-bond acceptors (Lipinski definition) is 4. The second-order valence-corrected chi connectivity index (χ2v) is 19.2. The molecule has 0 fully saturated rings. The number of benzene rings is 4. The molecular formula is C48H56IrNO3-. The smallest absolute Gasteiger partial charge is 0.164 e. The van der Waals surface area contributed by atoms with Crippen molar-refractivity contribution in [3.63, 3.8) is 0 Å². The Morgan fingerprint density at radius 2 is 1.45 bits per heavy atom. The van der Waals surface area contributed by atoms with Crippen molar-refractivity contribution in [1.82, 2.24) is 4.98 Å². The number of carbonyl (C=O) groups is 1. The van der Waals surface area contributed by atoms with Crippen LogP contribution in [-0.4, -0.2) is 15.9 Å². The van der Waals surface area contributed by atoms with E-state index < -0.39 is 5.41 Å². The number of furan rings is 1. The number of fused-ring (bicyclic) bond motifs is 7. The third kappa shape index (κ3) is 7.76. The summed E-state index contributed by atoms with van der Waals surface area (Å²) in [5.74, 6) is 0.104. The van der Waals surface area contributed by atoms with Crippen LogP contribution in [0.1, 0.15) is 120 Å². The van der Waals surface area contributed by atoms with Gasteiger partial charge in [-0.25, -0.2) is 0 Å². The molecule has 5 heteroatoms. The van der Waals surface area contributed by atoms with Gasteiger partial charge in [-0.05, 0) is 63.6 Å². The van der Waals surface area contributed by atoms with Crippen LogP contribution in [0.2, 0.25) is 0 Å². The first-order valence-corrected chi connectivity index (χ1v) is 18.7. The van der Waals surface area contributed by atoms with E-state index in [4.69, 9.17) is 9.40 Å². The topological polar surface area (TPSA) is 63.3 Å². The Bertz CT molecular complexity index is 2390. The van der Waals surface area contributed by atoms with E-state index in [2.05, 4.69) is 115 Å². The van der Waals surface area contributed by atoms with Gasteiger partial charge in [0.15, 0.2) is 5.78 Å². The van der Waals surface area contributed by atoms with E-state index in [0.717, 1.165) is 50.4 Å². The quantitative estimate of drug-likeness (QED) is 0.107. The molecule has 1 N–H and O–H groups in total. The summed E-state index contributed by atoms with van der Waals surface area (Å²) in [6, 6.07) is 25.8. The van der Waals surface area contributed by atoms with Gasteiger partial charge in [0.25, 0.3) is 0 Å². The Morgan fingerprint density at radius 1 is 0.792 bits per heavy atom. The predicted molar refractivity (Wildman–Crippen MR) is 219 cm³/mol. The summed E-state index contributed by atoms with van der Waals surface area (Å²) >= 11 is 0. The summed E-state index contributed by atoms with van der Waals surface area (Å²) in [7, 11) is 0.